The van der Waals surface area contributed by atoms with Crippen LogP contribution in [-0.2, 0) is 0 Å². The third kappa shape index (κ3) is 5.56. The summed E-state index contributed by atoms with van der Waals surface area (Å²) < 4.78 is 0. The van der Waals surface area contributed by atoms with Gasteiger partial charge in [0.1, 0.15) is 7.28 Å². The monoisotopic (exact) mass is 315 g/mol. The fourth-order valence-electron chi connectivity index (χ4n) is 5.45. The zero-order valence-electron chi connectivity index (χ0n) is 15.6. The van der Waals surface area contributed by atoms with E-state index in [1.165, 1.54) is 77.8 Å². The zero-order valence-corrected chi connectivity index (χ0v) is 15.6. The molecule has 2 aliphatic rings. The van der Waals surface area contributed by atoms with Crippen LogP contribution >= 0.6 is 0 Å². The highest BCUT2D eigenvalue weighted by Gasteiger charge is 2.39. The fraction of sp³-hybridized carbons (Fsp3) is 0.905. The lowest BCUT2D eigenvalue weighted by molar-refractivity contribution is 0.185. The van der Waals surface area contributed by atoms with Gasteiger partial charge in [-0.3, -0.25) is 0 Å². The van der Waals surface area contributed by atoms with E-state index in [9.17, 15) is 0 Å². The lowest BCUT2D eigenvalue weighted by Gasteiger charge is -2.35. The predicted octanol–water partition coefficient (Wildman–Crippen LogP) is 5.02. The van der Waals surface area contributed by atoms with E-state index < -0.39 is 0 Å². The van der Waals surface area contributed by atoms with Crippen molar-refractivity contribution in [3.05, 3.63) is 0 Å². The number of hydrogen-bond donors (Lipinski definition) is 1. The van der Waals surface area contributed by atoms with E-state index in [2.05, 4.69) is 19.8 Å². The Morgan fingerprint density at radius 1 is 1.17 bits per heavy atom. The van der Waals surface area contributed by atoms with Gasteiger partial charge < -0.3 is 5.73 Å². The van der Waals surface area contributed by atoms with Gasteiger partial charge in [0, 0.05) is 12.0 Å². The lowest BCUT2D eigenvalue weighted by Crippen LogP contribution is -2.31. The van der Waals surface area contributed by atoms with Crippen LogP contribution in [0.5, 0.6) is 0 Å². The largest absolute Gasteiger partial charge is 0.328 e. The van der Waals surface area contributed by atoms with Crippen LogP contribution in [0.25, 0.3) is 0 Å². The summed E-state index contributed by atoms with van der Waals surface area (Å²) in [5.74, 6) is 7.32. The Labute approximate surface area is 145 Å². The standard InChI is InChI=1S/C21H38BN/c1-4-16(3)9-7-6-8-10-21-19(5-2)20(15-22-21)17-11-13-18(23)14-12-17/h1,16-22H,5-15,23H2,2-3H3. The molecule has 4 unspecified atom stereocenters. The minimum atomic E-state index is 0.465. The highest BCUT2D eigenvalue weighted by atomic mass is 14.6. The zero-order chi connectivity index (χ0) is 16.7. The van der Waals surface area contributed by atoms with Gasteiger partial charge in [0.05, 0.1) is 0 Å². The molecule has 0 aromatic rings. The summed E-state index contributed by atoms with van der Waals surface area (Å²) in [6, 6.07) is 0.494. The van der Waals surface area contributed by atoms with Crippen molar-refractivity contribution in [2.75, 3.05) is 0 Å². The molecule has 1 aliphatic carbocycles. The number of terminal acetylenes is 1. The molecule has 0 aromatic carbocycles. The maximum Gasteiger partial charge on any atom is 0.124 e. The van der Waals surface area contributed by atoms with Gasteiger partial charge in [-0.25, -0.2) is 0 Å². The molecule has 23 heavy (non-hydrogen) atoms. The molecule has 1 aliphatic heterocycles. The summed E-state index contributed by atoms with van der Waals surface area (Å²) >= 11 is 0. The molecule has 2 heteroatoms. The van der Waals surface area contributed by atoms with Gasteiger partial charge >= 0.3 is 0 Å². The first-order valence-corrected chi connectivity index (χ1v) is 10.4. The van der Waals surface area contributed by atoms with Crippen molar-refractivity contribution in [2.45, 2.75) is 96.2 Å². The van der Waals surface area contributed by atoms with Crippen LogP contribution in [0.4, 0.5) is 0 Å². The van der Waals surface area contributed by atoms with Crippen LogP contribution in [-0.4, -0.2) is 13.3 Å². The second kappa shape index (κ2) is 9.78. The summed E-state index contributed by atoms with van der Waals surface area (Å²) in [5, 5.41) is 0. The molecule has 2 rings (SSSR count). The summed E-state index contributed by atoms with van der Waals surface area (Å²) in [6.45, 7) is 4.60. The van der Waals surface area contributed by atoms with Gasteiger partial charge in [-0.05, 0) is 49.9 Å². The summed E-state index contributed by atoms with van der Waals surface area (Å²) in [7, 11) is 1.49. The van der Waals surface area contributed by atoms with E-state index in [1.54, 1.807) is 0 Å². The molecule has 2 fully saturated rings. The van der Waals surface area contributed by atoms with Gasteiger partial charge in [-0.1, -0.05) is 58.1 Å². The molecular weight excluding hydrogens is 277 g/mol. The molecular formula is C21H38BN. The van der Waals surface area contributed by atoms with E-state index in [1.807, 2.05) is 0 Å². The number of nitrogens with two attached hydrogens (primary N) is 1. The molecule has 4 atom stereocenters. The minimum Gasteiger partial charge on any atom is -0.328 e. The Kier molecular flexibility index (Phi) is 8.04. The molecule has 0 bridgehead atoms. The highest BCUT2D eigenvalue weighted by Crippen LogP contribution is 2.48. The summed E-state index contributed by atoms with van der Waals surface area (Å²) in [6.07, 6.45) is 20.5. The molecule has 1 saturated heterocycles. The Balaban J connectivity index is 1.70. The molecule has 0 radical (unpaired) electrons. The van der Waals surface area contributed by atoms with Gasteiger partial charge in [0.15, 0.2) is 0 Å². The second-order valence-corrected chi connectivity index (χ2v) is 8.45. The van der Waals surface area contributed by atoms with Crippen LogP contribution < -0.4 is 5.73 Å². The van der Waals surface area contributed by atoms with Crippen molar-refractivity contribution < 1.29 is 0 Å². The topological polar surface area (TPSA) is 26.0 Å². The molecule has 1 heterocycles. The van der Waals surface area contributed by atoms with Crippen molar-refractivity contribution in [1.82, 2.24) is 0 Å². The van der Waals surface area contributed by atoms with Crippen molar-refractivity contribution in [2.24, 2.45) is 29.4 Å². The van der Waals surface area contributed by atoms with E-state index in [0.717, 1.165) is 23.6 Å². The SMILES string of the molecule is C#CC(C)CCCCCC1BCC(C2CCC(N)CC2)C1CC. The van der Waals surface area contributed by atoms with Crippen molar-refractivity contribution in [1.29, 1.82) is 0 Å². The van der Waals surface area contributed by atoms with E-state index in [4.69, 9.17) is 12.2 Å². The van der Waals surface area contributed by atoms with E-state index in [-0.39, 0.29) is 0 Å². The molecule has 130 valence electrons. The van der Waals surface area contributed by atoms with Crippen LogP contribution in [0.3, 0.4) is 0 Å². The maximum absolute atomic E-state index is 6.10. The lowest BCUT2D eigenvalue weighted by atomic mass is 9.63. The van der Waals surface area contributed by atoms with Gasteiger partial charge in [-0.15, -0.1) is 12.3 Å². The first-order chi connectivity index (χ1) is 11.2. The van der Waals surface area contributed by atoms with Crippen LogP contribution in [0, 0.1) is 36.0 Å². The van der Waals surface area contributed by atoms with Gasteiger partial charge in [-0.2, -0.15) is 0 Å². The molecule has 0 aromatic heterocycles. The smallest absolute Gasteiger partial charge is 0.124 e. The number of hydrogen-bond acceptors (Lipinski definition) is 1. The van der Waals surface area contributed by atoms with Crippen LogP contribution in [0.15, 0.2) is 0 Å². The van der Waals surface area contributed by atoms with Crippen LogP contribution in [0.1, 0.15) is 78.1 Å². The van der Waals surface area contributed by atoms with Gasteiger partial charge in [0.2, 0.25) is 0 Å². The highest BCUT2D eigenvalue weighted by molar-refractivity contribution is 6.39. The summed E-state index contributed by atoms with van der Waals surface area (Å²) in [5.41, 5.74) is 6.10. The first kappa shape index (κ1) is 18.9. The van der Waals surface area contributed by atoms with Crippen molar-refractivity contribution in [3.8, 4) is 12.3 Å². The Morgan fingerprint density at radius 2 is 1.91 bits per heavy atom. The maximum atomic E-state index is 6.10. The third-order valence-corrected chi connectivity index (χ3v) is 6.92. The average Bonchev–Trinajstić information content (AvgIpc) is 2.97. The predicted molar refractivity (Wildman–Crippen MR) is 104 cm³/mol. The third-order valence-electron chi connectivity index (χ3n) is 6.92. The van der Waals surface area contributed by atoms with Crippen molar-refractivity contribution in [3.63, 3.8) is 0 Å². The fourth-order valence-corrected chi connectivity index (χ4v) is 5.45. The Morgan fingerprint density at radius 3 is 2.57 bits per heavy atom. The Bertz CT molecular complexity index is 367. The van der Waals surface area contributed by atoms with E-state index >= 15 is 0 Å². The molecule has 0 spiro atoms. The quantitative estimate of drug-likeness (QED) is 0.380. The molecule has 1 saturated carbocycles. The number of unbranched alkanes of at least 4 members (excludes halogenated alkanes) is 2. The average molecular weight is 315 g/mol. The van der Waals surface area contributed by atoms with Gasteiger partial charge in [0.25, 0.3) is 0 Å². The molecule has 1 nitrogen and oxygen atoms in total. The van der Waals surface area contributed by atoms with Crippen molar-refractivity contribution >= 4 is 7.28 Å². The molecule has 2 N–H and O–H groups in total. The summed E-state index contributed by atoms with van der Waals surface area (Å²) in [4.78, 5) is 0. The normalized spacial score (nSPS) is 35.5. The number of rotatable bonds is 8. The second-order valence-electron chi connectivity index (χ2n) is 8.45. The minimum absolute atomic E-state index is 0.465. The molecule has 0 amide bonds. The van der Waals surface area contributed by atoms with E-state index in [0.29, 0.717) is 12.0 Å². The first-order valence-electron chi connectivity index (χ1n) is 10.4. The van der Waals surface area contributed by atoms with Crippen LogP contribution in [0.2, 0.25) is 12.1 Å². The Hall–Kier alpha value is -0.415.